The third-order valence-electron chi connectivity index (χ3n) is 4.32. The van der Waals surface area contributed by atoms with E-state index in [9.17, 15) is 22.4 Å². The second-order valence-electron chi connectivity index (χ2n) is 6.34. The third-order valence-corrected chi connectivity index (χ3v) is 4.32. The topological polar surface area (TPSA) is 65.4 Å². The van der Waals surface area contributed by atoms with Crippen molar-refractivity contribution in [2.45, 2.75) is 20.1 Å². The lowest BCUT2D eigenvalue weighted by molar-refractivity contribution is -0.286. The number of nitrogens with zero attached hydrogens (tertiary/aromatic N) is 2. The van der Waals surface area contributed by atoms with E-state index in [2.05, 4.69) is 19.9 Å². The van der Waals surface area contributed by atoms with Crippen LogP contribution in [0.15, 0.2) is 36.4 Å². The van der Waals surface area contributed by atoms with Gasteiger partial charge in [-0.1, -0.05) is 0 Å². The number of nitrogens with one attached hydrogen (secondary N) is 1. The van der Waals surface area contributed by atoms with Gasteiger partial charge in [-0.05, 0) is 38.1 Å². The molecule has 0 spiro atoms. The fourth-order valence-electron chi connectivity index (χ4n) is 3.08. The lowest BCUT2D eigenvalue weighted by Crippen LogP contribution is -2.25. The summed E-state index contributed by atoms with van der Waals surface area (Å²) in [6.07, 6.45) is -3.77. The van der Waals surface area contributed by atoms with Crippen molar-refractivity contribution in [3.63, 3.8) is 0 Å². The number of carbonyl (C=O) groups excluding carboxylic acids is 1. The summed E-state index contributed by atoms with van der Waals surface area (Å²) in [6.45, 7) is 3.11. The lowest BCUT2D eigenvalue weighted by atomic mass is 10.1. The van der Waals surface area contributed by atoms with Gasteiger partial charge in [-0.3, -0.25) is 4.79 Å². The summed E-state index contributed by atoms with van der Waals surface area (Å²) in [5.41, 5.74) is 0.955. The quantitative estimate of drug-likeness (QED) is 0.656. The zero-order valence-corrected chi connectivity index (χ0v) is 15.1. The fourth-order valence-corrected chi connectivity index (χ4v) is 3.08. The summed E-state index contributed by atoms with van der Waals surface area (Å²) >= 11 is 0. The van der Waals surface area contributed by atoms with Gasteiger partial charge in [-0.2, -0.15) is 5.10 Å². The highest BCUT2D eigenvalue weighted by atomic mass is 19.3. The minimum absolute atomic E-state index is 0.0173. The van der Waals surface area contributed by atoms with Crippen molar-refractivity contribution in [2.75, 3.05) is 5.32 Å². The molecule has 1 aliphatic rings. The number of fused-ring (bicyclic) bond motifs is 1. The van der Waals surface area contributed by atoms with Gasteiger partial charge in [-0.25, -0.2) is 13.5 Å². The van der Waals surface area contributed by atoms with Gasteiger partial charge < -0.3 is 14.8 Å². The van der Waals surface area contributed by atoms with Crippen LogP contribution in [0, 0.1) is 25.5 Å². The maximum absolute atomic E-state index is 14.1. The van der Waals surface area contributed by atoms with Gasteiger partial charge >= 0.3 is 6.29 Å². The minimum atomic E-state index is -3.77. The van der Waals surface area contributed by atoms with Crippen LogP contribution < -0.4 is 14.8 Å². The van der Waals surface area contributed by atoms with Crippen molar-refractivity contribution in [3.05, 3.63) is 65.0 Å². The average Bonchev–Trinajstić information content (AvgIpc) is 3.08. The number of benzene rings is 2. The number of hydrogen-bond donors (Lipinski definition) is 1. The Labute approximate surface area is 161 Å². The number of aromatic nitrogens is 2. The first-order valence-electron chi connectivity index (χ1n) is 8.37. The Morgan fingerprint density at radius 3 is 2.52 bits per heavy atom. The maximum atomic E-state index is 14.1. The van der Waals surface area contributed by atoms with Crippen molar-refractivity contribution < 1.29 is 31.8 Å². The smallest absolute Gasteiger partial charge is 0.395 e. The number of rotatable bonds is 3. The molecule has 1 amide bonds. The maximum Gasteiger partial charge on any atom is 0.586 e. The molecular weight excluding hydrogens is 394 g/mol. The molecule has 1 N–H and O–H groups in total. The van der Waals surface area contributed by atoms with Crippen molar-refractivity contribution in [3.8, 4) is 17.2 Å². The Balaban J connectivity index is 1.63. The minimum Gasteiger partial charge on any atom is -0.395 e. The van der Waals surface area contributed by atoms with E-state index in [1.807, 2.05) is 0 Å². The number of ether oxygens (including phenoxy) is 2. The molecule has 29 heavy (non-hydrogen) atoms. The Kier molecular flexibility index (Phi) is 4.21. The molecule has 0 fully saturated rings. The normalized spacial score (nSPS) is 14.1. The van der Waals surface area contributed by atoms with Crippen LogP contribution in [0.5, 0.6) is 11.5 Å². The zero-order valence-electron chi connectivity index (χ0n) is 15.1. The van der Waals surface area contributed by atoms with Gasteiger partial charge in [0, 0.05) is 17.8 Å². The number of halogens is 4. The van der Waals surface area contributed by atoms with Gasteiger partial charge in [0.25, 0.3) is 5.91 Å². The Hall–Kier alpha value is -3.56. The summed E-state index contributed by atoms with van der Waals surface area (Å²) in [5, 5.41) is 6.72. The second kappa shape index (κ2) is 6.50. The number of aryl methyl sites for hydroxylation is 1. The molecule has 0 atom stereocenters. The van der Waals surface area contributed by atoms with E-state index in [-0.39, 0.29) is 28.4 Å². The van der Waals surface area contributed by atoms with Gasteiger partial charge in [0.05, 0.1) is 17.0 Å². The lowest BCUT2D eigenvalue weighted by Gasteiger charge is -2.08. The first kappa shape index (κ1) is 18.8. The van der Waals surface area contributed by atoms with Gasteiger partial charge in [0.15, 0.2) is 17.3 Å². The molecule has 10 heteroatoms. The molecule has 150 valence electrons. The molecular formula is C19H13F4N3O3. The largest absolute Gasteiger partial charge is 0.586 e. The second-order valence-corrected chi connectivity index (χ2v) is 6.34. The molecule has 1 aliphatic heterocycles. The molecule has 0 saturated carbocycles. The van der Waals surface area contributed by atoms with Crippen LogP contribution in [0.2, 0.25) is 0 Å². The molecule has 2 heterocycles. The number of alkyl halides is 2. The summed E-state index contributed by atoms with van der Waals surface area (Å²) in [4.78, 5) is 12.7. The molecule has 4 rings (SSSR count). The third kappa shape index (κ3) is 3.37. The fraction of sp³-hybridized carbons (Fsp3) is 0.158. The van der Waals surface area contributed by atoms with E-state index in [1.54, 1.807) is 13.8 Å². The average molecular weight is 407 g/mol. The monoisotopic (exact) mass is 407 g/mol. The van der Waals surface area contributed by atoms with Crippen LogP contribution in [0.1, 0.15) is 21.7 Å². The summed E-state index contributed by atoms with van der Waals surface area (Å²) in [5.74, 6) is -2.52. The van der Waals surface area contributed by atoms with Crippen LogP contribution in [-0.2, 0) is 0 Å². The Morgan fingerprint density at radius 1 is 1.07 bits per heavy atom. The SMILES string of the molecule is Cc1nn(-c2ccc(F)cc2F)c(C)c1C(=O)Nc1ccc2c(c1)OC(F)(F)O2. The van der Waals surface area contributed by atoms with Crippen molar-refractivity contribution in [1.29, 1.82) is 0 Å². The first-order chi connectivity index (χ1) is 13.6. The van der Waals surface area contributed by atoms with E-state index < -0.39 is 23.8 Å². The van der Waals surface area contributed by atoms with Crippen LogP contribution >= 0.6 is 0 Å². The summed E-state index contributed by atoms with van der Waals surface area (Å²) < 4.78 is 63.4. The number of amides is 1. The summed E-state index contributed by atoms with van der Waals surface area (Å²) in [6, 6.07) is 6.82. The van der Waals surface area contributed by atoms with Gasteiger partial charge in [0.1, 0.15) is 11.5 Å². The van der Waals surface area contributed by atoms with Crippen LogP contribution in [0.3, 0.4) is 0 Å². The standard InChI is InChI=1S/C19H13F4N3O3/c1-9-17(10(2)26(25-9)14-5-3-11(20)7-13(14)21)18(27)24-12-4-6-15-16(8-12)29-19(22,23)28-15/h3-8H,1-2H3,(H,24,27). The van der Waals surface area contributed by atoms with Crippen LogP contribution in [0.4, 0.5) is 23.2 Å². The molecule has 3 aromatic rings. The molecule has 0 radical (unpaired) electrons. The van der Waals surface area contributed by atoms with E-state index in [1.165, 1.54) is 28.9 Å². The highest BCUT2D eigenvalue weighted by Crippen LogP contribution is 2.42. The van der Waals surface area contributed by atoms with E-state index in [0.29, 0.717) is 17.5 Å². The first-order valence-corrected chi connectivity index (χ1v) is 8.37. The van der Waals surface area contributed by atoms with Crippen molar-refractivity contribution >= 4 is 11.6 Å². The highest BCUT2D eigenvalue weighted by Gasteiger charge is 2.43. The van der Waals surface area contributed by atoms with Crippen molar-refractivity contribution in [1.82, 2.24) is 9.78 Å². The zero-order chi connectivity index (χ0) is 20.9. The predicted octanol–water partition coefficient (Wildman–Crippen LogP) is 4.34. The molecule has 1 aromatic heterocycles. The highest BCUT2D eigenvalue weighted by molar-refractivity contribution is 6.06. The number of anilines is 1. The van der Waals surface area contributed by atoms with Crippen LogP contribution in [0.25, 0.3) is 5.69 Å². The molecule has 0 saturated heterocycles. The molecule has 2 aromatic carbocycles. The summed E-state index contributed by atoms with van der Waals surface area (Å²) in [7, 11) is 0. The Morgan fingerprint density at radius 2 is 1.79 bits per heavy atom. The molecule has 0 aliphatic carbocycles. The van der Waals surface area contributed by atoms with E-state index in [0.717, 1.165) is 6.07 Å². The van der Waals surface area contributed by atoms with E-state index in [4.69, 9.17) is 0 Å². The molecule has 0 bridgehead atoms. The molecule has 0 unspecified atom stereocenters. The predicted molar refractivity (Wildman–Crippen MR) is 93.6 cm³/mol. The van der Waals surface area contributed by atoms with Crippen molar-refractivity contribution in [2.24, 2.45) is 0 Å². The van der Waals surface area contributed by atoms with Crippen LogP contribution in [-0.4, -0.2) is 22.0 Å². The Bertz CT molecular complexity index is 1140. The van der Waals surface area contributed by atoms with E-state index >= 15 is 0 Å². The van der Waals surface area contributed by atoms with Gasteiger partial charge in [-0.15, -0.1) is 8.78 Å². The number of carbonyl (C=O) groups is 1. The molecule has 6 nitrogen and oxygen atoms in total. The van der Waals surface area contributed by atoms with Gasteiger partial charge in [0.2, 0.25) is 0 Å². The number of hydrogen-bond acceptors (Lipinski definition) is 4.